The number of unbranched alkanes of at least 4 members (excludes halogenated alkanes) is 2. The van der Waals surface area contributed by atoms with E-state index in [4.69, 9.17) is 4.74 Å². The lowest BCUT2D eigenvalue weighted by atomic mass is 10.2. The van der Waals surface area contributed by atoms with Crippen molar-refractivity contribution in [1.29, 1.82) is 0 Å². The highest BCUT2D eigenvalue weighted by molar-refractivity contribution is 9.10. The van der Waals surface area contributed by atoms with E-state index in [-0.39, 0.29) is 12.7 Å². The van der Waals surface area contributed by atoms with Gasteiger partial charge in [0.2, 0.25) is 0 Å². The summed E-state index contributed by atoms with van der Waals surface area (Å²) in [6, 6.07) is 13.4. The molecule has 1 aromatic heterocycles. The first kappa shape index (κ1) is 17.5. The summed E-state index contributed by atoms with van der Waals surface area (Å²) in [5, 5.41) is 0. The highest BCUT2D eigenvalue weighted by Crippen LogP contribution is 2.24. The minimum Gasteiger partial charge on any atom is -0.444 e. The molecule has 1 heterocycles. The Bertz CT molecular complexity index is 619. The molecule has 5 heteroatoms. The maximum Gasteiger partial charge on any atom is 0.415 e. The summed E-state index contributed by atoms with van der Waals surface area (Å²) in [5.41, 5.74) is 0.967. The summed E-state index contributed by atoms with van der Waals surface area (Å²) < 4.78 is 6.24. The van der Waals surface area contributed by atoms with Gasteiger partial charge in [-0.15, -0.1) is 0 Å². The monoisotopic (exact) mass is 376 g/mol. The fraction of sp³-hybridized carbons (Fsp3) is 0.333. The van der Waals surface area contributed by atoms with Crippen LogP contribution in [0, 0.1) is 0 Å². The van der Waals surface area contributed by atoms with Crippen LogP contribution in [0.25, 0.3) is 0 Å². The molecule has 0 aliphatic heterocycles. The molecule has 4 nitrogen and oxygen atoms in total. The molecule has 0 atom stereocenters. The molecule has 122 valence electrons. The number of benzene rings is 1. The fourth-order valence-corrected chi connectivity index (χ4v) is 2.65. The van der Waals surface area contributed by atoms with Gasteiger partial charge in [0.1, 0.15) is 6.61 Å². The third-order valence-electron chi connectivity index (χ3n) is 3.41. The zero-order valence-corrected chi connectivity index (χ0v) is 14.8. The van der Waals surface area contributed by atoms with Crippen LogP contribution in [0.4, 0.5) is 10.6 Å². The number of pyridine rings is 1. The lowest BCUT2D eigenvalue weighted by molar-refractivity contribution is 0.146. The number of rotatable bonds is 7. The molecule has 1 amide bonds. The lowest BCUT2D eigenvalue weighted by Gasteiger charge is -2.22. The first-order valence-corrected chi connectivity index (χ1v) is 8.60. The maximum absolute atomic E-state index is 12.5. The van der Waals surface area contributed by atoms with Crippen LogP contribution >= 0.6 is 15.9 Å². The van der Waals surface area contributed by atoms with Crippen molar-refractivity contribution < 1.29 is 9.53 Å². The predicted molar refractivity (Wildman–Crippen MR) is 95.4 cm³/mol. The van der Waals surface area contributed by atoms with Crippen molar-refractivity contribution in [3.05, 3.63) is 58.7 Å². The predicted octanol–water partition coefficient (Wildman–Crippen LogP) is 5.18. The third kappa shape index (κ3) is 5.36. The first-order valence-electron chi connectivity index (χ1n) is 7.81. The van der Waals surface area contributed by atoms with Gasteiger partial charge in [-0.05, 0) is 40.0 Å². The van der Waals surface area contributed by atoms with Crippen molar-refractivity contribution in [2.24, 2.45) is 0 Å². The average Bonchev–Trinajstić information content (AvgIpc) is 2.59. The maximum atomic E-state index is 12.5. The van der Waals surface area contributed by atoms with E-state index in [2.05, 4.69) is 27.8 Å². The van der Waals surface area contributed by atoms with E-state index >= 15 is 0 Å². The van der Waals surface area contributed by atoms with Gasteiger partial charge in [-0.2, -0.15) is 0 Å². The molecular weight excluding hydrogens is 356 g/mol. The number of nitrogens with zero attached hydrogens (tertiary/aromatic N) is 2. The van der Waals surface area contributed by atoms with E-state index in [9.17, 15) is 4.79 Å². The number of halogens is 1. The molecule has 0 aliphatic carbocycles. The van der Waals surface area contributed by atoms with Crippen molar-refractivity contribution >= 4 is 27.8 Å². The molecule has 0 N–H and O–H groups in total. The normalized spacial score (nSPS) is 10.3. The van der Waals surface area contributed by atoms with Crippen molar-refractivity contribution in [3.8, 4) is 0 Å². The number of carbonyl (C=O) groups is 1. The number of carbonyl (C=O) groups excluding carboxylic acids is 1. The van der Waals surface area contributed by atoms with Crippen LogP contribution in [0.2, 0.25) is 0 Å². The third-order valence-corrected chi connectivity index (χ3v) is 4.02. The first-order chi connectivity index (χ1) is 11.2. The summed E-state index contributed by atoms with van der Waals surface area (Å²) in [4.78, 5) is 18.4. The van der Waals surface area contributed by atoms with Gasteiger partial charge in [-0.25, -0.2) is 9.78 Å². The summed E-state index contributed by atoms with van der Waals surface area (Å²) in [6.07, 6.45) is 4.38. The van der Waals surface area contributed by atoms with Gasteiger partial charge in [0.05, 0.1) is 4.47 Å². The molecule has 0 unspecified atom stereocenters. The molecular formula is C18H21BrN2O2. The quantitative estimate of drug-likeness (QED) is 0.625. The van der Waals surface area contributed by atoms with Crippen LogP contribution in [-0.2, 0) is 11.3 Å². The Labute approximate surface area is 145 Å². The highest BCUT2D eigenvalue weighted by Gasteiger charge is 2.20. The molecule has 23 heavy (non-hydrogen) atoms. The molecule has 0 saturated heterocycles. The number of aromatic nitrogens is 1. The Morgan fingerprint density at radius 1 is 1.17 bits per heavy atom. The zero-order chi connectivity index (χ0) is 16.5. The lowest BCUT2D eigenvalue weighted by Crippen LogP contribution is -2.33. The molecule has 0 radical (unpaired) electrons. The van der Waals surface area contributed by atoms with Gasteiger partial charge >= 0.3 is 6.09 Å². The zero-order valence-electron chi connectivity index (χ0n) is 13.2. The molecule has 0 bridgehead atoms. The molecule has 2 rings (SSSR count). The van der Waals surface area contributed by atoms with Crippen molar-refractivity contribution in [3.63, 3.8) is 0 Å². The summed E-state index contributed by atoms with van der Waals surface area (Å²) in [5.74, 6) is 0.599. The van der Waals surface area contributed by atoms with Crippen LogP contribution < -0.4 is 4.90 Å². The summed E-state index contributed by atoms with van der Waals surface area (Å²) >= 11 is 3.46. The Hall–Kier alpha value is -1.88. The van der Waals surface area contributed by atoms with Gasteiger partial charge in [0.25, 0.3) is 0 Å². The van der Waals surface area contributed by atoms with E-state index in [1.54, 1.807) is 11.1 Å². The number of hydrogen-bond acceptors (Lipinski definition) is 3. The molecule has 0 spiro atoms. The van der Waals surface area contributed by atoms with E-state index in [1.807, 2.05) is 42.5 Å². The Morgan fingerprint density at radius 3 is 2.65 bits per heavy atom. The minimum absolute atomic E-state index is 0.258. The largest absolute Gasteiger partial charge is 0.444 e. The Balaban J connectivity index is 2.06. The number of anilines is 1. The Kier molecular flexibility index (Phi) is 7.07. The molecule has 0 fully saturated rings. The second kappa shape index (κ2) is 9.30. The molecule has 0 aliphatic rings. The van der Waals surface area contributed by atoms with Crippen LogP contribution in [0.3, 0.4) is 0 Å². The Morgan fingerprint density at radius 2 is 1.96 bits per heavy atom. The minimum atomic E-state index is -0.371. The topological polar surface area (TPSA) is 42.4 Å². The van der Waals surface area contributed by atoms with E-state index < -0.39 is 0 Å². The van der Waals surface area contributed by atoms with Crippen LogP contribution in [0.15, 0.2) is 53.1 Å². The molecule has 0 saturated carbocycles. The SMILES string of the molecule is CCCCCN(C(=O)OCc1ccccc1)c1ncccc1Br. The molecule has 2 aromatic rings. The summed E-state index contributed by atoms with van der Waals surface area (Å²) in [7, 11) is 0. The number of hydrogen-bond donors (Lipinski definition) is 0. The number of amides is 1. The van der Waals surface area contributed by atoms with Crippen LogP contribution in [0.5, 0.6) is 0 Å². The van der Waals surface area contributed by atoms with E-state index in [1.165, 1.54) is 0 Å². The fourth-order valence-electron chi connectivity index (χ4n) is 2.18. The molecule has 1 aromatic carbocycles. The van der Waals surface area contributed by atoms with Crippen LogP contribution in [-0.4, -0.2) is 17.6 Å². The van der Waals surface area contributed by atoms with Crippen molar-refractivity contribution in [2.75, 3.05) is 11.4 Å². The van der Waals surface area contributed by atoms with Gasteiger partial charge in [-0.1, -0.05) is 50.1 Å². The van der Waals surface area contributed by atoms with E-state index in [0.717, 1.165) is 29.3 Å². The van der Waals surface area contributed by atoms with Crippen molar-refractivity contribution in [1.82, 2.24) is 4.98 Å². The van der Waals surface area contributed by atoms with Crippen LogP contribution in [0.1, 0.15) is 31.7 Å². The standard InChI is InChI=1S/C18H21BrN2O2/c1-2-3-7-13-21(17-16(19)11-8-12-20-17)18(22)23-14-15-9-5-4-6-10-15/h4-6,8-12H,2-3,7,13-14H2,1H3. The smallest absolute Gasteiger partial charge is 0.415 e. The van der Waals surface area contributed by atoms with E-state index in [0.29, 0.717) is 12.4 Å². The van der Waals surface area contributed by atoms with Gasteiger partial charge < -0.3 is 4.74 Å². The van der Waals surface area contributed by atoms with Gasteiger partial charge in [0.15, 0.2) is 5.82 Å². The van der Waals surface area contributed by atoms with Gasteiger partial charge in [-0.3, -0.25) is 4.90 Å². The average molecular weight is 377 g/mol. The second-order valence-electron chi connectivity index (χ2n) is 5.21. The van der Waals surface area contributed by atoms with Crippen molar-refractivity contribution in [2.45, 2.75) is 32.8 Å². The second-order valence-corrected chi connectivity index (χ2v) is 6.06. The summed E-state index contributed by atoms with van der Waals surface area (Å²) in [6.45, 7) is 2.99. The number of ether oxygens (including phenoxy) is 1. The van der Waals surface area contributed by atoms with Gasteiger partial charge in [0, 0.05) is 12.7 Å². The highest BCUT2D eigenvalue weighted by atomic mass is 79.9.